The van der Waals surface area contributed by atoms with Gasteiger partial charge in [0.2, 0.25) is 5.91 Å². The Morgan fingerprint density at radius 3 is 1.88 bits per heavy atom. The number of phenolic OH excluding ortho intramolecular Hbond substituents is 2. The van der Waals surface area contributed by atoms with E-state index < -0.39 is 35.5 Å². The number of carbonyl (C=O) groups excluding carboxylic acids is 3. The molecule has 1 saturated heterocycles. The zero-order chi connectivity index (χ0) is 29.1. The van der Waals surface area contributed by atoms with Crippen molar-refractivity contribution in [3.05, 3.63) is 94.8 Å². The minimum Gasteiger partial charge on any atom is -0.508 e. The number of rotatable bonds is 9. The van der Waals surface area contributed by atoms with Crippen molar-refractivity contribution >= 4 is 17.5 Å². The van der Waals surface area contributed by atoms with Crippen LogP contribution in [0.2, 0.25) is 0 Å². The highest BCUT2D eigenvalue weighted by molar-refractivity contribution is 6.02. The summed E-state index contributed by atoms with van der Waals surface area (Å²) in [5.74, 6) is -4.47. The van der Waals surface area contributed by atoms with E-state index in [1.54, 1.807) is 67.2 Å². The Morgan fingerprint density at radius 2 is 1.43 bits per heavy atom. The van der Waals surface area contributed by atoms with Crippen molar-refractivity contribution in [1.82, 2.24) is 9.80 Å². The van der Waals surface area contributed by atoms with Crippen molar-refractivity contribution in [3.8, 4) is 11.5 Å². The Kier molecular flexibility index (Phi) is 8.66. The van der Waals surface area contributed by atoms with Gasteiger partial charge in [-0.1, -0.05) is 36.4 Å². The first-order valence-electron chi connectivity index (χ1n) is 13.1. The van der Waals surface area contributed by atoms with E-state index >= 15 is 0 Å². The third-order valence-corrected chi connectivity index (χ3v) is 7.64. The van der Waals surface area contributed by atoms with Crippen LogP contribution >= 0.6 is 0 Å². The van der Waals surface area contributed by atoms with Crippen LogP contribution in [0.4, 0.5) is 4.39 Å². The fraction of sp³-hybridized carbons (Fsp3) is 0.323. The Bertz CT molecular complexity index is 1360. The second-order valence-corrected chi connectivity index (χ2v) is 10.7. The van der Waals surface area contributed by atoms with Crippen LogP contribution in [0.3, 0.4) is 0 Å². The summed E-state index contributed by atoms with van der Waals surface area (Å²) < 4.78 is 14.9. The molecule has 4 rings (SSSR count). The van der Waals surface area contributed by atoms with E-state index in [9.17, 15) is 29.0 Å². The van der Waals surface area contributed by atoms with E-state index in [-0.39, 0.29) is 53.8 Å². The number of nitrogens with zero attached hydrogens (tertiary/aromatic N) is 2. The molecule has 40 heavy (non-hydrogen) atoms. The number of aromatic hydroxyl groups is 2. The molecule has 9 heteroatoms. The summed E-state index contributed by atoms with van der Waals surface area (Å²) in [4.78, 5) is 44.5. The number of hydrogen-bond acceptors (Lipinski definition) is 7. The number of Topliss-reactive ketones (excluding diaryl/α,β-unsaturated/α-hetero) is 2. The highest BCUT2D eigenvalue weighted by Gasteiger charge is 2.47. The van der Waals surface area contributed by atoms with Crippen LogP contribution in [0.15, 0.2) is 66.7 Å². The molecule has 210 valence electrons. The zero-order valence-corrected chi connectivity index (χ0v) is 22.8. The maximum Gasteiger partial charge on any atom is 0.236 e. The predicted molar refractivity (Wildman–Crippen MR) is 149 cm³/mol. The lowest BCUT2D eigenvalue weighted by Gasteiger charge is -2.46. The van der Waals surface area contributed by atoms with Crippen molar-refractivity contribution in [1.29, 1.82) is 0 Å². The Morgan fingerprint density at radius 1 is 0.925 bits per heavy atom. The van der Waals surface area contributed by atoms with Crippen LogP contribution in [0, 0.1) is 24.6 Å². The molecule has 3 aromatic rings. The molecule has 0 spiro atoms. The molecular formula is C31H34FN3O5. The van der Waals surface area contributed by atoms with Crippen molar-refractivity contribution in [2.75, 3.05) is 33.7 Å². The van der Waals surface area contributed by atoms with E-state index in [0.717, 1.165) is 0 Å². The topological polar surface area (TPSA) is 124 Å². The second-order valence-electron chi connectivity index (χ2n) is 10.7. The van der Waals surface area contributed by atoms with Gasteiger partial charge in [-0.15, -0.1) is 0 Å². The van der Waals surface area contributed by atoms with Gasteiger partial charge in [0, 0.05) is 48.5 Å². The lowest BCUT2D eigenvalue weighted by atomic mass is 9.67. The smallest absolute Gasteiger partial charge is 0.236 e. The van der Waals surface area contributed by atoms with Crippen molar-refractivity contribution in [2.45, 2.75) is 18.9 Å². The summed E-state index contributed by atoms with van der Waals surface area (Å²) in [6.45, 7) is 2.04. The summed E-state index contributed by atoms with van der Waals surface area (Å²) in [6.07, 6.45) is 0. The van der Waals surface area contributed by atoms with E-state index in [1.807, 2.05) is 0 Å². The molecule has 0 aromatic heterocycles. The number of halogens is 1. The number of likely N-dealkylation sites (tertiary alicyclic amines) is 1. The first-order valence-corrected chi connectivity index (χ1v) is 13.1. The molecule has 0 bridgehead atoms. The summed E-state index contributed by atoms with van der Waals surface area (Å²) in [5.41, 5.74) is 7.12. The molecule has 1 amide bonds. The van der Waals surface area contributed by atoms with Gasteiger partial charge in [-0.05, 0) is 62.5 Å². The number of amides is 1. The van der Waals surface area contributed by atoms with Gasteiger partial charge in [0.1, 0.15) is 23.4 Å². The van der Waals surface area contributed by atoms with Crippen molar-refractivity contribution < 1.29 is 29.0 Å². The third kappa shape index (κ3) is 6.05. The maximum absolute atomic E-state index is 14.9. The van der Waals surface area contributed by atoms with E-state index in [2.05, 4.69) is 0 Å². The van der Waals surface area contributed by atoms with E-state index in [1.165, 1.54) is 30.3 Å². The Balaban J connectivity index is 1.92. The third-order valence-electron chi connectivity index (χ3n) is 7.64. The molecule has 0 aliphatic carbocycles. The highest BCUT2D eigenvalue weighted by Crippen LogP contribution is 2.43. The standard InChI is InChI=1S/C31H34FN3O5/c1-18-23(11-6-12-26(18)32)28-24(29(38)19-7-4-9-21(36)13-19)15-35(27(31(33)40)17-34(2)3)16-25(28)30(39)20-8-5-10-22(37)14-20/h4-14,24-25,27-28,36-37H,15-17H2,1-3H3,(H2,33,40). The summed E-state index contributed by atoms with van der Waals surface area (Å²) >= 11 is 0. The highest BCUT2D eigenvalue weighted by atomic mass is 19.1. The molecule has 3 aromatic carbocycles. The number of primary amides is 1. The average Bonchev–Trinajstić information content (AvgIpc) is 2.91. The molecule has 1 fully saturated rings. The van der Waals surface area contributed by atoms with Gasteiger partial charge in [0.15, 0.2) is 11.6 Å². The lowest BCUT2D eigenvalue weighted by molar-refractivity contribution is -0.125. The number of phenols is 2. The normalized spacial score (nSPS) is 20.3. The van der Waals surface area contributed by atoms with Crippen LogP contribution in [0.1, 0.15) is 37.8 Å². The fourth-order valence-electron chi connectivity index (χ4n) is 5.73. The molecule has 3 unspecified atom stereocenters. The van der Waals surface area contributed by atoms with Crippen LogP contribution in [0.5, 0.6) is 11.5 Å². The van der Waals surface area contributed by atoms with Gasteiger partial charge in [-0.25, -0.2) is 4.39 Å². The van der Waals surface area contributed by atoms with Gasteiger partial charge >= 0.3 is 0 Å². The monoisotopic (exact) mass is 547 g/mol. The van der Waals surface area contributed by atoms with Gasteiger partial charge in [0.05, 0.1) is 0 Å². The molecule has 0 saturated carbocycles. The van der Waals surface area contributed by atoms with Gasteiger partial charge in [-0.2, -0.15) is 0 Å². The minimum atomic E-state index is -0.883. The fourth-order valence-corrected chi connectivity index (χ4v) is 5.73. The lowest BCUT2D eigenvalue weighted by Crippen LogP contribution is -2.59. The molecule has 8 nitrogen and oxygen atoms in total. The zero-order valence-electron chi connectivity index (χ0n) is 22.8. The molecule has 1 aliphatic rings. The summed E-state index contributed by atoms with van der Waals surface area (Å²) in [7, 11) is 3.59. The molecule has 4 N–H and O–H groups in total. The minimum absolute atomic E-state index is 0.0837. The van der Waals surface area contributed by atoms with Crippen molar-refractivity contribution in [2.24, 2.45) is 17.6 Å². The second kappa shape index (κ2) is 12.0. The van der Waals surface area contributed by atoms with Crippen LogP contribution in [0.25, 0.3) is 0 Å². The molecule has 1 aliphatic heterocycles. The number of ketones is 2. The number of likely N-dealkylation sites (N-methyl/N-ethyl adjacent to an activating group) is 1. The number of carbonyl (C=O) groups is 3. The molecule has 3 atom stereocenters. The molecular weight excluding hydrogens is 513 g/mol. The van der Waals surface area contributed by atoms with Crippen LogP contribution < -0.4 is 5.73 Å². The van der Waals surface area contributed by atoms with Crippen molar-refractivity contribution in [3.63, 3.8) is 0 Å². The molecule has 0 radical (unpaired) electrons. The number of hydrogen-bond donors (Lipinski definition) is 3. The van der Waals surface area contributed by atoms with Gasteiger partial charge in [0.25, 0.3) is 0 Å². The number of nitrogens with two attached hydrogens (primary N) is 1. The quantitative estimate of drug-likeness (QED) is 0.351. The summed E-state index contributed by atoms with van der Waals surface area (Å²) in [5, 5.41) is 20.2. The predicted octanol–water partition coefficient (Wildman–Crippen LogP) is 3.36. The number of piperidine rings is 1. The van der Waals surface area contributed by atoms with Crippen LogP contribution in [-0.4, -0.2) is 77.3 Å². The van der Waals surface area contributed by atoms with E-state index in [4.69, 9.17) is 5.73 Å². The average molecular weight is 548 g/mol. The number of benzene rings is 3. The Hall–Kier alpha value is -4.08. The first-order chi connectivity index (χ1) is 19.0. The SMILES string of the molecule is Cc1c(F)cccc1C1C(C(=O)c2cccc(O)c2)CN(C(CN(C)C)C(N)=O)CC1C(=O)c1cccc(O)c1. The summed E-state index contributed by atoms with van der Waals surface area (Å²) in [6, 6.07) is 15.7. The van der Waals surface area contributed by atoms with Crippen LogP contribution in [-0.2, 0) is 4.79 Å². The first kappa shape index (κ1) is 28.9. The Labute approximate surface area is 232 Å². The van der Waals surface area contributed by atoms with Gasteiger partial charge < -0.3 is 20.8 Å². The molecule has 1 heterocycles. The maximum atomic E-state index is 14.9. The van der Waals surface area contributed by atoms with E-state index in [0.29, 0.717) is 11.1 Å². The largest absolute Gasteiger partial charge is 0.508 e. The van der Waals surface area contributed by atoms with Gasteiger partial charge in [-0.3, -0.25) is 19.3 Å².